The third-order valence-electron chi connectivity index (χ3n) is 6.56. The van der Waals surface area contributed by atoms with E-state index in [0.717, 1.165) is 22.3 Å². The van der Waals surface area contributed by atoms with E-state index in [9.17, 15) is 14.4 Å². The number of carboxylic acid groups (broad SMARTS) is 1. The Bertz CT molecular complexity index is 1270. The molecule has 1 saturated heterocycles. The van der Waals surface area contributed by atoms with Crippen molar-refractivity contribution >= 4 is 23.7 Å². The maximum absolute atomic E-state index is 12.9. The molecule has 1 fully saturated rings. The maximum atomic E-state index is 12.9. The van der Waals surface area contributed by atoms with Crippen LogP contribution in [0.5, 0.6) is 5.75 Å². The van der Waals surface area contributed by atoms with Gasteiger partial charge in [0.2, 0.25) is 0 Å². The summed E-state index contributed by atoms with van der Waals surface area (Å²) >= 11 is 0. The van der Waals surface area contributed by atoms with Crippen molar-refractivity contribution in [2.24, 2.45) is 5.92 Å². The number of aliphatic carboxylic acids is 1. The number of carboxylic acids is 1. The summed E-state index contributed by atoms with van der Waals surface area (Å²) in [5.74, 6) is -1.49. The zero-order valence-corrected chi connectivity index (χ0v) is 19.1. The summed E-state index contributed by atoms with van der Waals surface area (Å²) in [7, 11) is 1.49. The molecule has 0 radical (unpaired) electrons. The Morgan fingerprint density at radius 1 is 0.971 bits per heavy atom. The molecular formula is C27H24N2O6. The van der Waals surface area contributed by atoms with Gasteiger partial charge < -0.3 is 19.5 Å². The molecule has 0 saturated carbocycles. The quantitative estimate of drug-likeness (QED) is 0.557. The summed E-state index contributed by atoms with van der Waals surface area (Å²) in [5.41, 5.74) is 4.95. The minimum absolute atomic E-state index is 0.0893. The molecule has 5 rings (SSSR count). The minimum Gasteiger partial charge on any atom is -0.497 e. The lowest BCUT2D eigenvalue weighted by atomic mass is 9.98. The van der Waals surface area contributed by atoms with E-state index in [0.29, 0.717) is 5.75 Å². The number of methoxy groups -OCH3 is 1. The van der Waals surface area contributed by atoms with Crippen LogP contribution in [0.3, 0.4) is 0 Å². The molecule has 8 nitrogen and oxygen atoms in total. The van der Waals surface area contributed by atoms with E-state index in [4.69, 9.17) is 14.6 Å². The lowest BCUT2D eigenvalue weighted by molar-refractivity contribution is -0.146. The van der Waals surface area contributed by atoms with Crippen LogP contribution in [0, 0.1) is 5.92 Å². The van der Waals surface area contributed by atoms with Crippen LogP contribution in [0.1, 0.15) is 27.4 Å². The standard InChI is InChI=1S/C27H24N2O6/c1-34-17-10-11-22(25(30)29-13-16(14-29)26(31)32)24(12-17)28-27(33)35-15-23-20-8-4-2-6-18(20)19-7-3-5-9-21(19)23/h2-12,16,23H,13-15H2,1H3,(H,28,33)(H,31,32). The van der Waals surface area contributed by atoms with Crippen molar-refractivity contribution in [1.29, 1.82) is 0 Å². The van der Waals surface area contributed by atoms with Gasteiger partial charge in [0.05, 0.1) is 24.3 Å². The molecule has 2 N–H and O–H groups in total. The van der Waals surface area contributed by atoms with Gasteiger partial charge in [0.25, 0.3) is 5.91 Å². The summed E-state index contributed by atoms with van der Waals surface area (Å²) in [4.78, 5) is 38.2. The number of carbonyl (C=O) groups is 3. The molecule has 178 valence electrons. The number of fused-ring (bicyclic) bond motifs is 3. The summed E-state index contributed by atoms with van der Waals surface area (Å²) < 4.78 is 10.9. The van der Waals surface area contributed by atoms with Gasteiger partial charge in [-0.15, -0.1) is 0 Å². The summed E-state index contributed by atoms with van der Waals surface area (Å²) in [6, 6.07) is 20.8. The molecule has 2 amide bonds. The maximum Gasteiger partial charge on any atom is 0.411 e. The topological polar surface area (TPSA) is 105 Å². The van der Waals surface area contributed by atoms with Crippen molar-refractivity contribution in [2.75, 3.05) is 32.1 Å². The van der Waals surface area contributed by atoms with Gasteiger partial charge in [-0.2, -0.15) is 0 Å². The number of carbonyl (C=O) groups excluding carboxylic acids is 2. The Balaban J connectivity index is 1.31. The Kier molecular flexibility index (Phi) is 5.86. The zero-order valence-electron chi connectivity index (χ0n) is 19.1. The number of rotatable bonds is 6. The number of hydrogen-bond donors (Lipinski definition) is 2. The molecule has 0 bridgehead atoms. The van der Waals surface area contributed by atoms with Gasteiger partial charge in [-0.25, -0.2) is 4.79 Å². The first-order valence-corrected chi connectivity index (χ1v) is 11.3. The molecule has 1 aliphatic heterocycles. The monoisotopic (exact) mass is 472 g/mol. The number of hydrogen-bond acceptors (Lipinski definition) is 5. The number of benzene rings is 3. The Morgan fingerprint density at radius 3 is 2.20 bits per heavy atom. The van der Waals surface area contributed by atoms with Crippen molar-refractivity contribution < 1.29 is 29.0 Å². The Hall–Kier alpha value is -4.33. The average molecular weight is 472 g/mol. The lowest BCUT2D eigenvalue weighted by Crippen LogP contribution is -2.53. The first-order chi connectivity index (χ1) is 17.0. The number of amides is 2. The van der Waals surface area contributed by atoms with Gasteiger partial charge >= 0.3 is 12.1 Å². The van der Waals surface area contributed by atoms with Crippen LogP contribution in [-0.2, 0) is 9.53 Å². The molecule has 0 aromatic heterocycles. The van der Waals surface area contributed by atoms with Crippen LogP contribution in [0.4, 0.5) is 10.5 Å². The van der Waals surface area contributed by atoms with Crippen LogP contribution in [0.15, 0.2) is 66.7 Å². The highest BCUT2D eigenvalue weighted by molar-refractivity contribution is 6.03. The van der Waals surface area contributed by atoms with E-state index in [1.807, 2.05) is 36.4 Å². The first kappa shape index (κ1) is 22.5. The molecule has 3 aromatic carbocycles. The van der Waals surface area contributed by atoms with Crippen LogP contribution < -0.4 is 10.1 Å². The molecule has 35 heavy (non-hydrogen) atoms. The van der Waals surface area contributed by atoms with Crippen molar-refractivity contribution in [2.45, 2.75) is 5.92 Å². The van der Waals surface area contributed by atoms with E-state index < -0.39 is 18.0 Å². The fourth-order valence-corrected chi connectivity index (χ4v) is 4.66. The second-order valence-corrected chi connectivity index (χ2v) is 8.61. The molecular weight excluding hydrogens is 448 g/mol. The summed E-state index contributed by atoms with van der Waals surface area (Å²) in [5, 5.41) is 11.8. The molecule has 8 heteroatoms. The second-order valence-electron chi connectivity index (χ2n) is 8.61. The molecule has 1 aliphatic carbocycles. The fourth-order valence-electron chi connectivity index (χ4n) is 4.66. The highest BCUT2D eigenvalue weighted by atomic mass is 16.5. The van der Waals surface area contributed by atoms with E-state index in [1.165, 1.54) is 12.0 Å². The highest BCUT2D eigenvalue weighted by Crippen LogP contribution is 2.44. The second kappa shape index (κ2) is 9.13. The van der Waals surface area contributed by atoms with Crippen LogP contribution in [0.25, 0.3) is 11.1 Å². The van der Waals surface area contributed by atoms with E-state index in [1.54, 1.807) is 18.2 Å². The van der Waals surface area contributed by atoms with Crippen molar-refractivity contribution in [1.82, 2.24) is 4.90 Å². The predicted molar refractivity (Wildman–Crippen MR) is 129 cm³/mol. The van der Waals surface area contributed by atoms with Gasteiger partial charge in [0.1, 0.15) is 12.4 Å². The van der Waals surface area contributed by atoms with E-state index >= 15 is 0 Å². The normalized spacial score (nSPS) is 14.5. The predicted octanol–water partition coefficient (Wildman–Crippen LogP) is 4.21. The minimum atomic E-state index is -0.930. The van der Waals surface area contributed by atoms with Gasteiger partial charge in [-0.1, -0.05) is 48.5 Å². The van der Waals surface area contributed by atoms with Gasteiger partial charge in [-0.05, 0) is 34.4 Å². The van der Waals surface area contributed by atoms with Crippen molar-refractivity contribution in [3.63, 3.8) is 0 Å². The van der Waals surface area contributed by atoms with Crippen molar-refractivity contribution in [3.8, 4) is 16.9 Å². The SMILES string of the molecule is COc1ccc(C(=O)N2CC(C(=O)O)C2)c(NC(=O)OCC2c3ccccc3-c3ccccc32)c1. The number of ether oxygens (including phenoxy) is 2. The third kappa shape index (κ3) is 4.19. The molecule has 0 unspecified atom stereocenters. The number of likely N-dealkylation sites (tertiary alicyclic amines) is 1. The number of nitrogens with zero attached hydrogens (tertiary/aromatic N) is 1. The number of nitrogens with one attached hydrogen (secondary N) is 1. The third-order valence-corrected chi connectivity index (χ3v) is 6.56. The van der Waals surface area contributed by atoms with E-state index in [2.05, 4.69) is 17.4 Å². The molecule has 0 spiro atoms. The highest BCUT2D eigenvalue weighted by Gasteiger charge is 2.37. The van der Waals surface area contributed by atoms with E-state index in [-0.39, 0.29) is 42.8 Å². The van der Waals surface area contributed by atoms with Crippen LogP contribution in [0.2, 0.25) is 0 Å². The van der Waals surface area contributed by atoms with Crippen LogP contribution >= 0.6 is 0 Å². The summed E-state index contributed by atoms with van der Waals surface area (Å²) in [6.45, 7) is 0.398. The van der Waals surface area contributed by atoms with Crippen molar-refractivity contribution in [3.05, 3.63) is 83.4 Å². The Labute approximate surface area is 202 Å². The Morgan fingerprint density at radius 2 is 1.60 bits per heavy atom. The largest absolute Gasteiger partial charge is 0.497 e. The van der Waals surface area contributed by atoms with Crippen LogP contribution in [-0.4, -0.2) is 54.8 Å². The lowest BCUT2D eigenvalue weighted by Gasteiger charge is -2.37. The molecule has 0 atom stereocenters. The van der Waals surface area contributed by atoms with Gasteiger partial charge in [0, 0.05) is 25.1 Å². The first-order valence-electron chi connectivity index (χ1n) is 11.3. The molecule has 2 aliphatic rings. The smallest absolute Gasteiger partial charge is 0.411 e. The molecule has 3 aromatic rings. The zero-order chi connectivity index (χ0) is 24.5. The van der Waals surface area contributed by atoms with Gasteiger partial charge in [0.15, 0.2) is 0 Å². The van der Waals surface area contributed by atoms with Gasteiger partial charge in [-0.3, -0.25) is 14.9 Å². The summed E-state index contributed by atoms with van der Waals surface area (Å²) in [6.07, 6.45) is -0.693. The molecule has 1 heterocycles. The fraction of sp³-hybridized carbons (Fsp3) is 0.222. The number of anilines is 1. The average Bonchev–Trinajstić information content (AvgIpc) is 3.15.